The molecule has 0 atom stereocenters. The summed E-state index contributed by atoms with van der Waals surface area (Å²) in [7, 11) is 2.56. The van der Waals surface area contributed by atoms with Crippen LogP contribution in [0.2, 0.25) is 0 Å². The SMILES string of the molecule is COc1cc(OC)c(F)c(-c2cc3cnc(N)nc3cn2)c1F. The molecule has 0 aliphatic carbocycles. The molecule has 1 aromatic carbocycles. The number of anilines is 1. The Labute approximate surface area is 129 Å². The topological polar surface area (TPSA) is 83.2 Å². The van der Waals surface area contributed by atoms with Gasteiger partial charge in [-0.1, -0.05) is 0 Å². The molecule has 0 unspecified atom stereocenters. The molecule has 0 amide bonds. The molecule has 118 valence electrons. The Morgan fingerprint density at radius 2 is 1.61 bits per heavy atom. The molecule has 8 heteroatoms. The molecule has 6 nitrogen and oxygen atoms in total. The lowest BCUT2D eigenvalue weighted by Crippen LogP contribution is -2.01. The van der Waals surface area contributed by atoms with E-state index in [-0.39, 0.29) is 28.7 Å². The molecule has 2 N–H and O–H groups in total. The van der Waals surface area contributed by atoms with Crippen LogP contribution in [0.1, 0.15) is 0 Å². The molecule has 0 bridgehead atoms. The zero-order valence-electron chi connectivity index (χ0n) is 12.3. The van der Waals surface area contributed by atoms with Crippen LogP contribution in [0.15, 0.2) is 24.5 Å². The minimum Gasteiger partial charge on any atom is -0.494 e. The maximum Gasteiger partial charge on any atom is 0.220 e. The standard InChI is InChI=1S/C15H12F2N4O2/c1-22-10-4-11(23-2)14(17)12(13(10)16)8-3-7-5-20-15(18)21-9(7)6-19-8/h3-6H,1-2H3,(H2,18,20,21). The van der Waals surface area contributed by atoms with Crippen molar-refractivity contribution >= 4 is 16.9 Å². The van der Waals surface area contributed by atoms with Crippen molar-refractivity contribution in [3.05, 3.63) is 36.2 Å². The fourth-order valence-electron chi connectivity index (χ4n) is 2.20. The summed E-state index contributed by atoms with van der Waals surface area (Å²) in [6.07, 6.45) is 2.82. The van der Waals surface area contributed by atoms with E-state index in [4.69, 9.17) is 15.2 Å². The Morgan fingerprint density at radius 3 is 2.22 bits per heavy atom. The molecular weight excluding hydrogens is 306 g/mol. The van der Waals surface area contributed by atoms with Crippen molar-refractivity contribution in [3.8, 4) is 22.8 Å². The second-order valence-corrected chi connectivity index (χ2v) is 4.64. The number of fused-ring (bicyclic) bond motifs is 1. The Bertz CT molecular complexity index is 874. The predicted octanol–water partition coefficient (Wildman–Crippen LogP) is 2.57. The third-order valence-corrected chi connectivity index (χ3v) is 3.31. The van der Waals surface area contributed by atoms with E-state index in [0.29, 0.717) is 10.9 Å². The van der Waals surface area contributed by atoms with Crippen LogP contribution in [0.3, 0.4) is 0 Å². The number of nitrogens with two attached hydrogens (primary N) is 1. The third kappa shape index (κ3) is 2.48. The van der Waals surface area contributed by atoms with Crippen LogP contribution >= 0.6 is 0 Å². The van der Waals surface area contributed by atoms with Gasteiger partial charge in [-0.25, -0.2) is 18.7 Å². The molecule has 0 fully saturated rings. The number of nitrogens with zero attached hydrogens (tertiary/aromatic N) is 3. The Balaban J connectivity index is 2.27. The zero-order valence-corrected chi connectivity index (χ0v) is 12.3. The van der Waals surface area contributed by atoms with Crippen molar-refractivity contribution in [3.63, 3.8) is 0 Å². The molecule has 0 aliphatic rings. The first-order valence-corrected chi connectivity index (χ1v) is 6.53. The number of ether oxygens (including phenoxy) is 2. The number of hydrogen-bond acceptors (Lipinski definition) is 6. The predicted molar refractivity (Wildman–Crippen MR) is 80.2 cm³/mol. The Hall–Kier alpha value is -3.03. The summed E-state index contributed by atoms with van der Waals surface area (Å²) in [5, 5.41) is 0.546. The third-order valence-electron chi connectivity index (χ3n) is 3.31. The zero-order chi connectivity index (χ0) is 16.6. The molecule has 23 heavy (non-hydrogen) atoms. The summed E-state index contributed by atoms with van der Waals surface area (Å²) in [5.41, 5.74) is 5.68. The highest BCUT2D eigenvalue weighted by Gasteiger charge is 2.22. The lowest BCUT2D eigenvalue weighted by Gasteiger charge is -2.12. The van der Waals surface area contributed by atoms with Gasteiger partial charge in [0.1, 0.15) is 0 Å². The summed E-state index contributed by atoms with van der Waals surface area (Å²) in [4.78, 5) is 11.9. The normalized spacial score (nSPS) is 10.8. The van der Waals surface area contributed by atoms with Crippen LogP contribution in [0.4, 0.5) is 14.7 Å². The van der Waals surface area contributed by atoms with Crippen LogP contribution in [0, 0.1) is 11.6 Å². The minimum atomic E-state index is -0.867. The van der Waals surface area contributed by atoms with Crippen LogP contribution < -0.4 is 15.2 Å². The second-order valence-electron chi connectivity index (χ2n) is 4.64. The van der Waals surface area contributed by atoms with Gasteiger partial charge in [0.2, 0.25) is 5.95 Å². The quantitative estimate of drug-likeness (QED) is 0.799. The van der Waals surface area contributed by atoms with Crippen molar-refractivity contribution in [1.82, 2.24) is 15.0 Å². The summed E-state index contributed by atoms with van der Waals surface area (Å²) in [6, 6.07) is 2.61. The van der Waals surface area contributed by atoms with E-state index in [2.05, 4.69) is 15.0 Å². The smallest absolute Gasteiger partial charge is 0.220 e. The van der Waals surface area contributed by atoms with Crippen molar-refractivity contribution in [2.45, 2.75) is 0 Å². The van der Waals surface area contributed by atoms with E-state index in [1.54, 1.807) is 0 Å². The maximum atomic E-state index is 14.5. The Morgan fingerprint density at radius 1 is 0.957 bits per heavy atom. The van der Waals surface area contributed by atoms with Gasteiger partial charge in [-0.2, -0.15) is 0 Å². The van der Waals surface area contributed by atoms with E-state index >= 15 is 0 Å². The molecule has 3 aromatic rings. The first-order chi connectivity index (χ1) is 11.0. The number of methoxy groups -OCH3 is 2. The van der Waals surface area contributed by atoms with Gasteiger partial charge in [-0.15, -0.1) is 0 Å². The van der Waals surface area contributed by atoms with Gasteiger partial charge in [-0.05, 0) is 6.07 Å². The van der Waals surface area contributed by atoms with Crippen LogP contribution in [0.25, 0.3) is 22.2 Å². The lowest BCUT2D eigenvalue weighted by molar-refractivity contribution is 0.359. The first-order valence-electron chi connectivity index (χ1n) is 6.53. The minimum absolute atomic E-state index is 0.0677. The van der Waals surface area contributed by atoms with Gasteiger partial charge in [0.05, 0.1) is 37.2 Å². The molecule has 2 heterocycles. The molecule has 0 saturated heterocycles. The number of halogens is 2. The number of nitrogen functional groups attached to an aromatic ring is 1. The van der Waals surface area contributed by atoms with E-state index in [0.717, 1.165) is 6.07 Å². The summed E-state index contributed by atoms with van der Waals surface area (Å²) < 4.78 is 38.8. The summed E-state index contributed by atoms with van der Waals surface area (Å²) in [6.45, 7) is 0. The van der Waals surface area contributed by atoms with E-state index in [1.165, 1.54) is 32.7 Å². The molecular formula is C15H12F2N4O2. The van der Waals surface area contributed by atoms with Gasteiger partial charge in [0.15, 0.2) is 23.1 Å². The number of benzene rings is 1. The maximum absolute atomic E-state index is 14.5. The highest BCUT2D eigenvalue weighted by molar-refractivity contribution is 5.82. The van der Waals surface area contributed by atoms with E-state index in [9.17, 15) is 8.78 Å². The van der Waals surface area contributed by atoms with Gasteiger partial charge in [-0.3, -0.25) is 4.98 Å². The number of hydrogen-bond donors (Lipinski definition) is 1. The lowest BCUT2D eigenvalue weighted by atomic mass is 10.1. The fourth-order valence-corrected chi connectivity index (χ4v) is 2.20. The molecule has 0 saturated carbocycles. The van der Waals surface area contributed by atoms with Crippen LogP contribution in [-0.4, -0.2) is 29.2 Å². The molecule has 0 aliphatic heterocycles. The van der Waals surface area contributed by atoms with Crippen molar-refractivity contribution in [2.24, 2.45) is 0 Å². The molecule has 2 aromatic heterocycles. The van der Waals surface area contributed by atoms with E-state index < -0.39 is 11.6 Å². The molecule has 0 radical (unpaired) electrons. The van der Waals surface area contributed by atoms with Crippen LogP contribution in [-0.2, 0) is 0 Å². The van der Waals surface area contributed by atoms with Gasteiger partial charge in [0, 0.05) is 17.6 Å². The number of pyridine rings is 1. The average molecular weight is 318 g/mol. The summed E-state index contributed by atoms with van der Waals surface area (Å²) in [5.74, 6) is -1.93. The fraction of sp³-hybridized carbons (Fsp3) is 0.133. The second kappa shape index (κ2) is 5.64. The first kappa shape index (κ1) is 14.9. The summed E-state index contributed by atoms with van der Waals surface area (Å²) >= 11 is 0. The largest absolute Gasteiger partial charge is 0.494 e. The highest BCUT2D eigenvalue weighted by atomic mass is 19.1. The monoisotopic (exact) mass is 318 g/mol. The van der Waals surface area contributed by atoms with E-state index in [1.807, 2.05) is 0 Å². The molecule has 0 spiro atoms. The molecule has 3 rings (SSSR count). The number of aromatic nitrogens is 3. The van der Waals surface area contributed by atoms with Gasteiger partial charge in [0.25, 0.3) is 0 Å². The Kier molecular flexibility index (Phi) is 3.65. The van der Waals surface area contributed by atoms with Gasteiger partial charge < -0.3 is 15.2 Å². The van der Waals surface area contributed by atoms with Crippen molar-refractivity contribution < 1.29 is 18.3 Å². The highest BCUT2D eigenvalue weighted by Crippen LogP contribution is 2.37. The van der Waals surface area contributed by atoms with Gasteiger partial charge >= 0.3 is 0 Å². The number of rotatable bonds is 3. The van der Waals surface area contributed by atoms with Crippen molar-refractivity contribution in [2.75, 3.05) is 20.0 Å². The van der Waals surface area contributed by atoms with Crippen LogP contribution in [0.5, 0.6) is 11.5 Å². The average Bonchev–Trinajstić information content (AvgIpc) is 2.55. The van der Waals surface area contributed by atoms with Crippen molar-refractivity contribution in [1.29, 1.82) is 0 Å².